The molecule has 1 heterocycles. The van der Waals surface area contributed by atoms with Gasteiger partial charge in [-0.2, -0.15) is 0 Å². The predicted molar refractivity (Wildman–Crippen MR) is 50.6 cm³/mol. The summed E-state index contributed by atoms with van der Waals surface area (Å²) >= 11 is 0. The third-order valence-corrected chi connectivity index (χ3v) is 2.83. The van der Waals surface area contributed by atoms with Crippen LogP contribution in [0, 0.1) is 0 Å². The molecule has 0 aromatic rings. The van der Waals surface area contributed by atoms with Crippen LogP contribution >= 0.6 is 0 Å². The number of hydrogen-bond acceptors (Lipinski definition) is 2. The van der Waals surface area contributed by atoms with Gasteiger partial charge in [-0.25, -0.2) is 8.78 Å². The average molecular weight is 219 g/mol. The summed E-state index contributed by atoms with van der Waals surface area (Å²) in [6.45, 7) is 2.54. The molecule has 1 rings (SSSR count). The van der Waals surface area contributed by atoms with E-state index in [2.05, 4.69) is 5.32 Å². The molecule has 0 bridgehead atoms. The van der Waals surface area contributed by atoms with Crippen molar-refractivity contribution in [1.29, 1.82) is 0 Å². The number of alkyl halides is 2. The Hall–Kier alpha value is -1.00. The van der Waals surface area contributed by atoms with Crippen LogP contribution in [0.25, 0.3) is 0 Å². The number of halogens is 2. The summed E-state index contributed by atoms with van der Waals surface area (Å²) < 4.78 is 25.4. The first-order chi connectivity index (χ1) is 6.79. The first-order valence-corrected chi connectivity index (χ1v) is 5.01. The molecule has 1 N–H and O–H groups in total. The number of nitrogens with one attached hydrogen (secondary N) is 1. The van der Waals surface area contributed by atoms with Crippen LogP contribution in [0.2, 0.25) is 0 Å². The summed E-state index contributed by atoms with van der Waals surface area (Å²) in [7, 11) is 0. The first kappa shape index (κ1) is 12.1. The minimum Gasteiger partial charge on any atom is -0.343 e. The summed E-state index contributed by atoms with van der Waals surface area (Å²) in [5, 5.41) is 2.52. The molecule has 86 valence electrons. The van der Waals surface area contributed by atoms with Crippen molar-refractivity contribution in [3.8, 4) is 0 Å². The molecule has 1 amide bonds. The van der Waals surface area contributed by atoms with E-state index in [-0.39, 0.29) is 31.0 Å². The number of hydrogen-bond donors (Lipinski definition) is 1. The molecule has 0 aromatic carbocycles. The van der Waals surface area contributed by atoms with Crippen LogP contribution < -0.4 is 5.32 Å². The van der Waals surface area contributed by atoms with Gasteiger partial charge >= 0.3 is 0 Å². The van der Waals surface area contributed by atoms with Gasteiger partial charge in [0.1, 0.15) is 0 Å². The Kier molecular flexibility index (Phi) is 3.11. The fraction of sp³-hybridized carbons (Fsp3) is 0.800. The molecule has 0 radical (unpaired) electrons. The van der Waals surface area contributed by atoms with Crippen molar-refractivity contribution >= 4 is 11.7 Å². The largest absolute Gasteiger partial charge is 0.343 e. The zero-order valence-electron chi connectivity index (χ0n) is 8.90. The van der Waals surface area contributed by atoms with Crippen LogP contribution in [0.3, 0.4) is 0 Å². The number of carbonyl (C=O) groups is 2. The maximum atomic E-state index is 12.7. The van der Waals surface area contributed by atoms with Crippen molar-refractivity contribution in [3.63, 3.8) is 0 Å². The first-order valence-electron chi connectivity index (χ1n) is 5.01. The quantitative estimate of drug-likeness (QED) is 0.731. The highest BCUT2D eigenvalue weighted by molar-refractivity contribution is 6.10. The summed E-state index contributed by atoms with van der Waals surface area (Å²) in [5.74, 6) is -3.42. The summed E-state index contributed by atoms with van der Waals surface area (Å²) in [6.07, 6.45) is -0.179. The van der Waals surface area contributed by atoms with Crippen LogP contribution in [0.15, 0.2) is 0 Å². The van der Waals surface area contributed by atoms with Gasteiger partial charge in [0, 0.05) is 6.42 Å². The third-order valence-electron chi connectivity index (χ3n) is 2.83. The molecule has 0 spiro atoms. The van der Waals surface area contributed by atoms with Gasteiger partial charge in [0.25, 0.3) is 0 Å². The van der Waals surface area contributed by atoms with E-state index in [4.69, 9.17) is 0 Å². The fourth-order valence-electron chi connectivity index (χ4n) is 1.79. The Morgan fingerprint density at radius 2 is 2.07 bits per heavy atom. The van der Waals surface area contributed by atoms with Gasteiger partial charge in [-0.15, -0.1) is 0 Å². The van der Waals surface area contributed by atoms with Gasteiger partial charge < -0.3 is 5.32 Å². The molecule has 1 aliphatic heterocycles. The highest BCUT2D eigenvalue weighted by Crippen LogP contribution is 2.30. The molecule has 3 nitrogen and oxygen atoms in total. The van der Waals surface area contributed by atoms with E-state index >= 15 is 0 Å². The molecule has 5 heteroatoms. The van der Waals surface area contributed by atoms with Crippen molar-refractivity contribution < 1.29 is 18.4 Å². The molecule has 0 aromatic heterocycles. The Labute approximate surface area is 87.2 Å². The maximum absolute atomic E-state index is 12.7. The Morgan fingerprint density at radius 3 is 2.40 bits per heavy atom. The van der Waals surface area contributed by atoms with Crippen molar-refractivity contribution in [1.82, 2.24) is 5.32 Å². The average Bonchev–Trinajstić information content (AvgIpc) is 2.37. The normalized spacial score (nSPS) is 26.9. The van der Waals surface area contributed by atoms with Crippen molar-refractivity contribution in [3.05, 3.63) is 0 Å². The van der Waals surface area contributed by atoms with E-state index in [1.54, 1.807) is 6.92 Å². The minimum atomic E-state index is -2.80. The van der Waals surface area contributed by atoms with Crippen molar-refractivity contribution in [2.45, 2.75) is 51.0 Å². The topological polar surface area (TPSA) is 46.2 Å². The van der Waals surface area contributed by atoms with Gasteiger partial charge in [-0.05, 0) is 19.8 Å². The number of Topliss-reactive ketones (excluding diaryl/α,β-unsaturated/α-hetero) is 1. The molecule has 0 saturated carbocycles. The van der Waals surface area contributed by atoms with Gasteiger partial charge in [-0.1, -0.05) is 6.92 Å². The molecule has 1 fully saturated rings. The number of amides is 1. The lowest BCUT2D eigenvalue weighted by atomic mass is 9.87. The Morgan fingerprint density at radius 1 is 1.47 bits per heavy atom. The maximum Gasteiger partial charge on any atom is 0.245 e. The number of ketones is 1. The molecular weight excluding hydrogens is 204 g/mol. The van der Waals surface area contributed by atoms with Gasteiger partial charge in [0.15, 0.2) is 5.78 Å². The van der Waals surface area contributed by atoms with E-state index in [0.29, 0.717) is 6.42 Å². The third kappa shape index (κ3) is 2.73. The molecular formula is C10H15F2NO2. The summed E-state index contributed by atoms with van der Waals surface area (Å²) in [5.41, 5.74) is -1.05. The highest BCUT2D eigenvalue weighted by Gasteiger charge is 2.45. The standard InChI is InChI=1S/C10H15F2NO2/c1-3-10(5-4-9(2,11)12)7(14)6-8(15)13-10/h3-6H2,1-2H3,(H,13,15). The Balaban J connectivity index is 2.70. The lowest BCUT2D eigenvalue weighted by Crippen LogP contribution is -2.46. The van der Waals surface area contributed by atoms with Crippen LogP contribution in [0.4, 0.5) is 8.78 Å². The zero-order valence-corrected chi connectivity index (χ0v) is 8.90. The molecule has 1 saturated heterocycles. The highest BCUT2D eigenvalue weighted by atomic mass is 19.3. The predicted octanol–water partition coefficient (Wildman–Crippen LogP) is 1.66. The second kappa shape index (κ2) is 3.87. The fourth-order valence-corrected chi connectivity index (χ4v) is 1.79. The molecule has 1 unspecified atom stereocenters. The van der Waals surface area contributed by atoms with E-state index in [0.717, 1.165) is 6.92 Å². The zero-order chi connectivity index (χ0) is 11.7. The second-order valence-electron chi connectivity index (χ2n) is 4.15. The van der Waals surface area contributed by atoms with E-state index in [1.807, 2.05) is 0 Å². The lowest BCUT2D eigenvalue weighted by molar-refractivity contribution is -0.123. The van der Waals surface area contributed by atoms with Crippen molar-refractivity contribution in [2.75, 3.05) is 0 Å². The van der Waals surface area contributed by atoms with E-state index in [1.165, 1.54) is 0 Å². The Bertz CT molecular complexity index is 286. The molecule has 1 atom stereocenters. The van der Waals surface area contributed by atoms with Crippen LogP contribution in [0.1, 0.15) is 39.5 Å². The SMILES string of the molecule is CCC1(CCC(C)(F)F)NC(=O)CC1=O. The lowest BCUT2D eigenvalue weighted by Gasteiger charge is -2.27. The van der Waals surface area contributed by atoms with Crippen LogP contribution in [-0.2, 0) is 9.59 Å². The van der Waals surface area contributed by atoms with E-state index < -0.39 is 11.5 Å². The minimum absolute atomic E-state index is 0.0115. The summed E-state index contributed by atoms with van der Waals surface area (Å²) in [4.78, 5) is 22.6. The van der Waals surface area contributed by atoms with Gasteiger partial charge in [0.05, 0.1) is 12.0 Å². The van der Waals surface area contributed by atoms with Crippen LogP contribution in [0.5, 0.6) is 0 Å². The van der Waals surface area contributed by atoms with Crippen LogP contribution in [-0.4, -0.2) is 23.2 Å². The molecule has 1 aliphatic rings. The second-order valence-corrected chi connectivity index (χ2v) is 4.15. The molecule has 15 heavy (non-hydrogen) atoms. The van der Waals surface area contributed by atoms with Gasteiger partial charge in [-0.3, -0.25) is 9.59 Å². The monoisotopic (exact) mass is 219 g/mol. The van der Waals surface area contributed by atoms with E-state index in [9.17, 15) is 18.4 Å². The van der Waals surface area contributed by atoms with Crippen molar-refractivity contribution in [2.24, 2.45) is 0 Å². The molecule has 0 aliphatic carbocycles. The smallest absolute Gasteiger partial charge is 0.245 e. The number of carbonyl (C=O) groups excluding carboxylic acids is 2. The summed E-state index contributed by atoms with van der Waals surface area (Å²) in [6, 6.07) is 0. The number of rotatable bonds is 4. The van der Waals surface area contributed by atoms with Gasteiger partial charge in [0.2, 0.25) is 11.8 Å².